The summed E-state index contributed by atoms with van der Waals surface area (Å²) in [5, 5.41) is 23.3. The molecule has 4 aromatic rings. The van der Waals surface area contributed by atoms with Crippen molar-refractivity contribution in [3.8, 4) is 0 Å². The molecule has 2 aliphatic heterocycles. The lowest BCUT2D eigenvalue weighted by Crippen LogP contribution is -2.29. The fraction of sp³-hybridized carbons (Fsp3) is 0.368. The van der Waals surface area contributed by atoms with Crippen molar-refractivity contribution in [1.29, 1.82) is 0 Å². The highest BCUT2D eigenvalue weighted by atomic mass is 32.2. The Labute approximate surface area is 272 Å². The van der Waals surface area contributed by atoms with Gasteiger partial charge >= 0.3 is 0 Å². The van der Waals surface area contributed by atoms with Gasteiger partial charge in [-0.1, -0.05) is 84.9 Å². The third kappa shape index (κ3) is 7.28. The normalized spacial score (nSPS) is 20.4. The van der Waals surface area contributed by atoms with Gasteiger partial charge in [-0.25, -0.2) is 0 Å². The fourth-order valence-electron chi connectivity index (χ4n) is 6.41. The molecule has 44 heavy (non-hydrogen) atoms. The van der Waals surface area contributed by atoms with Crippen molar-refractivity contribution in [2.45, 2.75) is 58.2 Å². The minimum atomic E-state index is -0.882. The Bertz CT molecular complexity index is 1330. The molecule has 6 heteroatoms. The van der Waals surface area contributed by atoms with Crippen LogP contribution in [0.1, 0.15) is 59.1 Å². The summed E-state index contributed by atoms with van der Waals surface area (Å²) in [7, 11) is 8.31. The van der Waals surface area contributed by atoms with E-state index in [-0.39, 0.29) is 0 Å². The van der Waals surface area contributed by atoms with Crippen LogP contribution in [0.25, 0.3) is 0 Å². The third-order valence-electron chi connectivity index (χ3n) is 8.65. The molecule has 0 saturated heterocycles. The van der Waals surface area contributed by atoms with E-state index < -0.39 is 11.2 Å². The van der Waals surface area contributed by atoms with Crippen LogP contribution in [0.4, 0.5) is 0 Å². The Balaban J connectivity index is 0.000000175. The zero-order valence-corrected chi connectivity index (χ0v) is 28.1. The molecule has 0 saturated carbocycles. The van der Waals surface area contributed by atoms with Gasteiger partial charge in [0.25, 0.3) is 0 Å². The van der Waals surface area contributed by atoms with Gasteiger partial charge in [0.15, 0.2) is 0 Å². The van der Waals surface area contributed by atoms with E-state index in [0.29, 0.717) is 0 Å². The van der Waals surface area contributed by atoms with Gasteiger partial charge in [0.05, 0.1) is 0 Å². The maximum atomic E-state index is 11.6. The highest BCUT2D eigenvalue weighted by Gasteiger charge is 2.38. The molecule has 0 fully saturated rings. The smallest absolute Gasteiger partial charge is 0.116 e. The Morgan fingerprint density at radius 3 is 1.25 bits per heavy atom. The first-order chi connectivity index (χ1) is 21.2. The van der Waals surface area contributed by atoms with E-state index in [1.54, 1.807) is 0 Å². The minimum absolute atomic E-state index is 0.750. The van der Waals surface area contributed by atoms with Crippen molar-refractivity contribution in [3.05, 3.63) is 130 Å². The predicted molar refractivity (Wildman–Crippen MR) is 186 cm³/mol. The maximum absolute atomic E-state index is 11.6. The van der Waals surface area contributed by atoms with Crippen LogP contribution in [0.3, 0.4) is 0 Å². The third-order valence-corrected chi connectivity index (χ3v) is 10.9. The lowest BCUT2D eigenvalue weighted by Gasteiger charge is -2.31. The molecule has 0 unspecified atom stereocenters. The van der Waals surface area contributed by atoms with E-state index in [2.05, 4.69) is 111 Å². The number of aliphatic hydroxyl groups is 2. The van der Waals surface area contributed by atoms with E-state index in [0.717, 1.165) is 72.5 Å². The van der Waals surface area contributed by atoms with Crippen molar-refractivity contribution < 1.29 is 10.2 Å². The minimum Gasteiger partial charge on any atom is -0.380 e. The number of hydrogen-bond donors (Lipinski definition) is 2. The second-order valence-electron chi connectivity index (χ2n) is 12.4. The van der Waals surface area contributed by atoms with E-state index in [1.165, 1.54) is 20.9 Å². The summed E-state index contributed by atoms with van der Waals surface area (Å²) in [5.74, 6) is 1.84. The summed E-state index contributed by atoms with van der Waals surface area (Å²) in [6.45, 7) is 1.97. The van der Waals surface area contributed by atoms with E-state index in [1.807, 2.05) is 47.8 Å². The van der Waals surface area contributed by atoms with Crippen molar-refractivity contribution in [2.75, 3.05) is 41.3 Å². The van der Waals surface area contributed by atoms with Crippen molar-refractivity contribution >= 4 is 23.5 Å². The quantitative estimate of drug-likeness (QED) is 0.209. The lowest BCUT2D eigenvalue weighted by molar-refractivity contribution is 0.0632. The Hall–Kier alpha value is -2.58. The molecule has 2 aliphatic rings. The first-order valence-corrected chi connectivity index (χ1v) is 17.5. The number of nitrogens with zero attached hydrogens (tertiary/aromatic N) is 2. The van der Waals surface area contributed by atoms with Crippen molar-refractivity contribution in [2.24, 2.45) is 0 Å². The molecule has 4 nitrogen and oxygen atoms in total. The summed E-state index contributed by atoms with van der Waals surface area (Å²) < 4.78 is 0. The summed E-state index contributed by atoms with van der Waals surface area (Å²) in [6.07, 6.45) is 3.44. The second kappa shape index (κ2) is 14.7. The molecule has 0 bridgehead atoms. The van der Waals surface area contributed by atoms with Gasteiger partial charge in [-0.2, -0.15) is 0 Å². The van der Waals surface area contributed by atoms with Crippen LogP contribution in [0.15, 0.2) is 107 Å². The Kier molecular flexibility index (Phi) is 10.9. The van der Waals surface area contributed by atoms with Gasteiger partial charge in [0.2, 0.25) is 0 Å². The largest absolute Gasteiger partial charge is 0.380 e. The molecule has 0 aliphatic carbocycles. The molecule has 2 heterocycles. The molecule has 2 N–H and O–H groups in total. The number of hydrogen-bond acceptors (Lipinski definition) is 6. The number of benzene rings is 4. The van der Waals surface area contributed by atoms with Crippen LogP contribution in [0.2, 0.25) is 0 Å². The van der Waals surface area contributed by atoms with Gasteiger partial charge < -0.3 is 20.0 Å². The van der Waals surface area contributed by atoms with Gasteiger partial charge in [-0.3, -0.25) is 0 Å². The first kappa shape index (κ1) is 32.8. The van der Waals surface area contributed by atoms with Gasteiger partial charge in [-0.15, -0.1) is 23.5 Å². The van der Waals surface area contributed by atoms with Gasteiger partial charge in [0, 0.05) is 32.4 Å². The topological polar surface area (TPSA) is 46.9 Å². The Morgan fingerprint density at radius 2 is 0.864 bits per heavy atom. The standard InChI is InChI=1S/2C19H23NOS/c2*1-20(2)13-7-12-19(21)16-9-4-3-8-15(16)14-22-18-11-6-5-10-17(18)19/h2*3-6,8-11,21H,7,12-14H2,1-2H3/t2*19-/m10/s1. The molecular weight excluding hydrogens is 581 g/mol. The summed E-state index contributed by atoms with van der Waals surface area (Å²) in [4.78, 5) is 6.75. The molecule has 2 atom stereocenters. The van der Waals surface area contributed by atoms with Crippen LogP contribution in [0.5, 0.6) is 0 Å². The van der Waals surface area contributed by atoms with Crippen LogP contribution in [-0.2, 0) is 22.7 Å². The van der Waals surface area contributed by atoms with Crippen LogP contribution in [-0.4, -0.2) is 61.3 Å². The van der Waals surface area contributed by atoms with E-state index >= 15 is 0 Å². The van der Waals surface area contributed by atoms with E-state index in [4.69, 9.17) is 0 Å². The zero-order valence-electron chi connectivity index (χ0n) is 26.5. The van der Waals surface area contributed by atoms with Crippen molar-refractivity contribution in [1.82, 2.24) is 9.80 Å². The molecule has 0 aromatic heterocycles. The summed E-state index contributed by atoms with van der Waals surface area (Å²) in [6, 6.07) is 33.3. The average Bonchev–Trinajstić information content (AvgIpc) is 3.23. The maximum Gasteiger partial charge on any atom is 0.116 e. The monoisotopic (exact) mass is 626 g/mol. The predicted octanol–water partition coefficient (Wildman–Crippen LogP) is 7.74. The zero-order chi connectivity index (χ0) is 31.2. The molecule has 0 spiro atoms. The summed E-state index contributed by atoms with van der Waals surface area (Å²) in [5.41, 5.74) is 5.00. The van der Waals surface area contributed by atoms with Gasteiger partial charge in [0.1, 0.15) is 11.2 Å². The van der Waals surface area contributed by atoms with Gasteiger partial charge in [-0.05, 0) is 101 Å². The van der Waals surface area contributed by atoms with E-state index in [9.17, 15) is 10.2 Å². The highest BCUT2D eigenvalue weighted by Crippen LogP contribution is 2.46. The molecule has 4 aromatic carbocycles. The molecule has 0 amide bonds. The number of fused-ring (bicyclic) bond motifs is 4. The van der Waals surface area contributed by atoms with Crippen LogP contribution in [0, 0.1) is 0 Å². The number of thioether (sulfide) groups is 2. The van der Waals surface area contributed by atoms with Crippen LogP contribution >= 0.6 is 23.5 Å². The van der Waals surface area contributed by atoms with Crippen molar-refractivity contribution in [3.63, 3.8) is 0 Å². The SMILES string of the molecule is CN(C)CCC[C@@]1(O)c2ccccc2CSc2ccccc21.CN(C)CCC[C@]1(O)c2ccccc2CSc2ccccc21. The Morgan fingerprint density at radius 1 is 0.523 bits per heavy atom. The first-order valence-electron chi connectivity index (χ1n) is 15.6. The molecule has 6 rings (SSSR count). The molecular formula is C38H46N2O2S2. The average molecular weight is 627 g/mol. The summed E-state index contributed by atoms with van der Waals surface area (Å²) >= 11 is 3.65. The highest BCUT2D eigenvalue weighted by molar-refractivity contribution is 7.98. The second-order valence-corrected chi connectivity index (χ2v) is 14.5. The van der Waals surface area contributed by atoms with Crippen LogP contribution < -0.4 is 0 Å². The number of rotatable bonds is 8. The lowest BCUT2D eigenvalue weighted by atomic mass is 9.80. The molecule has 0 radical (unpaired) electrons. The molecule has 232 valence electrons. The fourth-order valence-corrected chi connectivity index (χ4v) is 8.67.